The third kappa shape index (κ3) is 5.11. The highest BCUT2D eigenvalue weighted by atomic mass is 35.5. The zero-order valence-corrected chi connectivity index (χ0v) is 12.3. The van der Waals surface area contributed by atoms with Crippen molar-refractivity contribution in [1.29, 1.82) is 5.26 Å². The van der Waals surface area contributed by atoms with Crippen molar-refractivity contribution in [3.63, 3.8) is 0 Å². The summed E-state index contributed by atoms with van der Waals surface area (Å²) in [4.78, 5) is 0. The van der Waals surface area contributed by atoms with Crippen molar-refractivity contribution in [2.75, 3.05) is 13.2 Å². The minimum absolute atomic E-state index is 0.510. The fourth-order valence-corrected chi connectivity index (χ4v) is 1.96. The molecule has 0 bridgehead atoms. The fraction of sp³-hybridized carbons (Fsp3) is 0.235. The van der Waals surface area contributed by atoms with E-state index in [1.54, 1.807) is 24.3 Å². The molecule has 2 aromatic rings. The highest BCUT2D eigenvalue weighted by molar-refractivity contribution is 6.31. The SMILES string of the molecule is N#Cc1ccc(OCCCOCc2ccccc2Cl)cc1. The van der Waals surface area contributed by atoms with Crippen molar-refractivity contribution in [2.45, 2.75) is 13.0 Å². The van der Waals surface area contributed by atoms with E-state index in [1.807, 2.05) is 24.3 Å². The van der Waals surface area contributed by atoms with Crippen LogP contribution in [0.1, 0.15) is 17.5 Å². The van der Waals surface area contributed by atoms with E-state index in [9.17, 15) is 0 Å². The molecule has 0 saturated heterocycles. The van der Waals surface area contributed by atoms with E-state index < -0.39 is 0 Å². The molecule has 4 heteroatoms. The number of ether oxygens (including phenoxy) is 2. The van der Waals surface area contributed by atoms with Gasteiger partial charge < -0.3 is 9.47 Å². The zero-order valence-electron chi connectivity index (χ0n) is 11.6. The molecule has 0 aliphatic carbocycles. The second-order valence-electron chi connectivity index (χ2n) is 4.48. The van der Waals surface area contributed by atoms with Crippen LogP contribution in [0.25, 0.3) is 0 Å². The molecular formula is C17H16ClNO2. The van der Waals surface area contributed by atoms with Crippen LogP contribution in [0.4, 0.5) is 0 Å². The van der Waals surface area contributed by atoms with Crippen LogP contribution in [0.5, 0.6) is 5.75 Å². The van der Waals surface area contributed by atoms with Gasteiger partial charge in [0.25, 0.3) is 0 Å². The summed E-state index contributed by atoms with van der Waals surface area (Å²) >= 11 is 6.04. The summed E-state index contributed by atoms with van der Waals surface area (Å²) in [6, 6.07) is 16.8. The Kier molecular flexibility index (Phi) is 6.08. The van der Waals surface area contributed by atoms with E-state index >= 15 is 0 Å². The Hall–Kier alpha value is -2.02. The number of rotatable bonds is 7. The standard InChI is InChI=1S/C17H16ClNO2/c18-17-5-2-1-4-15(17)13-20-10-3-11-21-16-8-6-14(12-19)7-9-16/h1-2,4-9H,3,10-11,13H2. The van der Waals surface area contributed by atoms with E-state index in [1.165, 1.54) is 0 Å². The maximum absolute atomic E-state index is 8.70. The number of halogens is 1. The van der Waals surface area contributed by atoms with Gasteiger partial charge in [-0.3, -0.25) is 0 Å². The van der Waals surface area contributed by atoms with Crippen LogP contribution in [0.15, 0.2) is 48.5 Å². The Morgan fingerprint density at radius 2 is 1.76 bits per heavy atom. The van der Waals surface area contributed by atoms with Crippen LogP contribution >= 0.6 is 11.6 Å². The summed E-state index contributed by atoms with van der Waals surface area (Å²) in [6.07, 6.45) is 0.796. The van der Waals surface area contributed by atoms with Crippen molar-refractivity contribution in [2.24, 2.45) is 0 Å². The smallest absolute Gasteiger partial charge is 0.119 e. The van der Waals surface area contributed by atoms with Crippen LogP contribution in [-0.4, -0.2) is 13.2 Å². The van der Waals surface area contributed by atoms with Crippen LogP contribution in [0, 0.1) is 11.3 Å². The highest BCUT2D eigenvalue weighted by Crippen LogP contribution is 2.16. The van der Waals surface area contributed by atoms with E-state index in [2.05, 4.69) is 6.07 Å². The third-order valence-electron chi connectivity index (χ3n) is 2.90. The first kappa shape index (κ1) is 15.4. The molecule has 0 N–H and O–H groups in total. The molecule has 0 heterocycles. The largest absolute Gasteiger partial charge is 0.494 e. The van der Waals surface area contributed by atoms with E-state index in [4.69, 9.17) is 26.3 Å². The molecule has 0 atom stereocenters. The second-order valence-corrected chi connectivity index (χ2v) is 4.89. The lowest BCUT2D eigenvalue weighted by molar-refractivity contribution is 0.107. The summed E-state index contributed by atoms with van der Waals surface area (Å²) < 4.78 is 11.1. The summed E-state index contributed by atoms with van der Waals surface area (Å²) in [5.74, 6) is 0.764. The first-order chi connectivity index (χ1) is 10.3. The molecule has 0 fully saturated rings. The molecule has 0 aliphatic rings. The molecule has 0 spiro atoms. The molecule has 0 saturated carbocycles. The predicted octanol–water partition coefficient (Wildman–Crippen LogP) is 4.20. The van der Waals surface area contributed by atoms with Gasteiger partial charge in [0.15, 0.2) is 0 Å². The van der Waals surface area contributed by atoms with Gasteiger partial charge in [-0.25, -0.2) is 0 Å². The minimum atomic E-state index is 0.510. The quantitative estimate of drug-likeness (QED) is 0.720. The molecule has 2 aromatic carbocycles. The Labute approximate surface area is 129 Å². The number of hydrogen-bond acceptors (Lipinski definition) is 3. The number of nitriles is 1. The zero-order chi connectivity index (χ0) is 14.9. The lowest BCUT2D eigenvalue weighted by atomic mass is 10.2. The van der Waals surface area contributed by atoms with Crippen LogP contribution in [-0.2, 0) is 11.3 Å². The van der Waals surface area contributed by atoms with Crippen molar-refractivity contribution < 1.29 is 9.47 Å². The molecular weight excluding hydrogens is 286 g/mol. The van der Waals surface area contributed by atoms with Crippen LogP contribution < -0.4 is 4.74 Å². The summed E-state index contributed by atoms with van der Waals surface area (Å²) in [5.41, 5.74) is 1.62. The first-order valence-electron chi connectivity index (χ1n) is 6.74. The summed E-state index contributed by atoms with van der Waals surface area (Å²) in [6.45, 7) is 1.70. The van der Waals surface area contributed by atoms with Crippen molar-refractivity contribution in [3.8, 4) is 11.8 Å². The van der Waals surface area contributed by atoms with Gasteiger partial charge in [-0.15, -0.1) is 0 Å². The Bertz CT molecular complexity index is 605. The first-order valence-corrected chi connectivity index (χ1v) is 7.11. The molecule has 108 valence electrons. The van der Waals surface area contributed by atoms with E-state index in [0.29, 0.717) is 25.4 Å². The Morgan fingerprint density at radius 1 is 1.00 bits per heavy atom. The van der Waals surface area contributed by atoms with Gasteiger partial charge in [-0.2, -0.15) is 5.26 Å². The normalized spacial score (nSPS) is 10.1. The second kappa shape index (κ2) is 8.31. The predicted molar refractivity (Wildman–Crippen MR) is 82.4 cm³/mol. The minimum Gasteiger partial charge on any atom is -0.494 e. The van der Waals surface area contributed by atoms with Crippen molar-refractivity contribution >= 4 is 11.6 Å². The molecule has 21 heavy (non-hydrogen) atoms. The molecule has 3 nitrogen and oxygen atoms in total. The monoisotopic (exact) mass is 301 g/mol. The highest BCUT2D eigenvalue weighted by Gasteiger charge is 1.99. The fourth-order valence-electron chi connectivity index (χ4n) is 1.77. The van der Waals surface area contributed by atoms with Crippen LogP contribution in [0.3, 0.4) is 0 Å². The van der Waals surface area contributed by atoms with Crippen LogP contribution in [0.2, 0.25) is 5.02 Å². The van der Waals surface area contributed by atoms with E-state index in [0.717, 1.165) is 22.8 Å². The maximum Gasteiger partial charge on any atom is 0.119 e. The number of benzene rings is 2. The summed E-state index contributed by atoms with van der Waals surface area (Å²) in [5, 5.41) is 9.43. The number of hydrogen-bond donors (Lipinski definition) is 0. The Balaban J connectivity index is 1.62. The molecule has 0 amide bonds. The molecule has 0 unspecified atom stereocenters. The van der Waals surface area contributed by atoms with Crippen molar-refractivity contribution in [1.82, 2.24) is 0 Å². The molecule has 0 radical (unpaired) electrons. The third-order valence-corrected chi connectivity index (χ3v) is 3.27. The summed E-state index contributed by atoms with van der Waals surface area (Å²) in [7, 11) is 0. The van der Waals surface area contributed by atoms with Gasteiger partial charge in [0.05, 0.1) is 31.5 Å². The van der Waals surface area contributed by atoms with E-state index in [-0.39, 0.29) is 0 Å². The lowest BCUT2D eigenvalue weighted by Crippen LogP contribution is -2.03. The van der Waals surface area contributed by atoms with Gasteiger partial charge in [0.2, 0.25) is 0 Å². The van der Waals surface area contributed by atoms with Gasteiger partial charge in [-0.05, 0) is 35.9 Å². The lowest BCUT2D eigenvalue weighted by Gasteiger charge is -2.08. The number of nitrogens with zero attached hydrogens (tertiary/aromatic N) is 1. The molecule has 0 aliphatic heterocycles. The van der Waals surface area contributed by atoms with Crippen molar-refractivity contribution in [3.05, 3.63) is 64.7 Å². The van der Waals surface area contributed by atoms with Gasteiger partial charge in [0, 0.05) is 11.4 Å². The Morgan fingerprint density at radius 3 is 2.48 bits per heavy atom. The average molecular weight is 302 g/mol. The maximum atomic E-state index is 8.70. The molecule has 0 aromatic heterocycles. The molecule has 2 rings (SSSR count). The van der Waals surface area contributed by atoms with Gasteiger partial charge in [0.1, 0.15) is 5.75 Å². The van der Waals surface area contributed by atoms with Gasteiger partial charge >= 0.3 is 0 Å². The topological polar surface area (TPSA) is 42.2 Å². The van der Waals surface area contributed by atoms with Gasteiger partial charge in [-0.1, -0.05) is 29.8 Å². The average Bonchev–Trinajstić information content (AvgIpc) is 2.53.